The van der Waals surface area contributed by atoms with E-state index in [1.807, 2.05) is 6.07 Å². The highest BCUT2D eigenvalue weighted by atomic mass is 16.6. The number of amides is 1. The zero-order chi connectivity index (χ0) is 17.8. The monoisotopic (exact) mass is 340 g/mol. The predicted octanol–water partition coefficient (Wildman–Crippen LogP) is 3.10. The van der Waals surface area contributed by atoms with Gasteiger partial charge in [0.1, 0.15) is 19.3 Å². The van der Waals surface area contributed by atoms with Crippen LogP contribution in [-0.4, -0.2) is 30.9 Å². The SMILES string of the molecule is CC(=O)c1cccc(N[C@H](C)C(=O)Nc2ccc3c(c2)OCCO3)c1. The van der Waals surface area contributed by atoms with E-state index in [1.165, 1.54) is 6.92 Å². The molecule has 0 saturated heterocycles. The van der Waals surface area contributed by atoms with Crippen LogP contribution in [0.15, 0.2) is 42.5 Å². The Kier molecular flexibility index (Phi) is 4.88. The normalized spacial score (nSPS) is 13.7. The number of hydrogen-bond donors (Lipinski definition) is 2. The maximum atomic E-state index is 12.4. The van der Waals surface area contributed by atoms with Crippen LogP contribution >= 0.6 is 0 Å². The van der Waals surface area contributed by atoms with Crippen LogP contribution in [0, 0.1) is 0 Å². The molecule has 0 saturated carbocycles. The minimum Gasteiger partial charge on any atom is -0.486 e. The molecule has 2 aromatic rings. The lowest BCUT2D eigenvalue weighted by atomic mass is 10.1. The highest BCUT2D eigenvalue weighted by Crippen LogP contribution is 2.32. The Labute approximate surface area is 146 Å². The van der Waals surface area contributed by atoms with Gasteiger partial charge in [-0.1, -0.05) is 12.1 Å². The van der Waals surface area contributed by atoms with Crippen molar-refractivity contribution in [2.45, 2.75) is 19.9 Å². The van der Waals surface area contributed by atoms with E-state index in [9.17, 15) is 9.59 Å². The Balaban J connectivity index is 1.64. The summed E-state index contributed by atoms with van der Waals surface area (Å²) in [4.78, 5) is 23.8. The first kappa shape index (κ1) is 16.8. The lowest BCUT2D eigenvalue weighted by Gasteiger charge is -2.20. The maximum absolute atomic E-state index is 12.4. The molecule has 3 rings (SSSR count). The van der Waals surface area contributed by atoms with Gasteiger partial charge >= 0.3 is 0 Å². The fourth-order valence-electron chi connectivity index (χ4n) is 2.52. The number of carbonyl (C=O) groups is 2. The van der Waals surface area contributed by atoms with E-state index in [-0.39, 0.29) is 11.7 Å². The molecule has 0 bridgehead atoms. The van der Waals surface area contributed by atoms with Crippen LogP contribution in [0.4, 0.5) is 11.4 Å². The van der Waals surface area contributed by atoms with Gasteiger partial charge in [0.2, 0.25) is 5.91 Å². The fourth-order valence-corrected chi connectivity index (χ4v) is 2.52. The van der Waals surface area contributed by atoms with Crippen molar-refractivity contribution in [3.8, 4) is 11.5 Å². The number of nitrogens with one attached hydrogen (secondary N) is 2. The average Bonchev–Trinajstić information content (AvgIpc) is 2.61. The maximum Gasteiger partial charge on any atom is 0.246 e. The largest absolute Gasteiger partial charge is 0.486 e. The van der Waals surface area contributed by atoms with Gasteiger partial charge in [-0.05, 0) is 38.1 Å². The number of rotatable bonds is 5. The van der Waals surface area contributed by atoms with Crippen LogP contribution in [0.1, 0.15) is 24.2 Å². The van der Waals surface area contributed by atoms with E-state index in [4.69, 9.17) is 9.47 Å². The number of carbonyl (C=O) groups excluding carboxylic acids is 2. The molecule has 2 aromatic carbocycles. The number of ketones is 1. The third kappa shape index (κ3) is 4.09. The first-order valence-corrected chi connectivity index (χ1v) is 8.11. The van der Waals surface area contributed by atoms with Crippen LogP contribution < -0.4 is 20.1 Å². The van der Waals surface area contributed by atoms with Crippen molar-refractivity contribution < 1.29 is 19.1 Å². The predicted molar refractivity (Wildman–Crippen MR) is 95.6 cm³/mol. The molecule has 2 N–H and O–H groups in total. The molecule has 130 valence electrons. The molecule has 1 atom stereocenters. The second-order valence-corrected chi connectivity index (χ2v) is 5.85. The minimum absolute atomic E-state index is 0.0166. The Bertz CT molecular complexity index is 804. The molecule has 0 spiro atoms. The van der Waals surface area contributed by atoms with Gasteiger partial charge < -0.3 is 20.1 Å². The molecule has 0 fully saturated rings. The third-order valence-electron chi connectivity index (χ3n) is 3.86. The Morgan fingerprint density at radius 3 is 2.52 bits per heavy atom. The zero-order valence-corrected chi connectivity index (χ0v) is 14.2. The van der Waals surface area contributed by atoms with Gasteiger partial charge in [-0.15, -0.1) is 0 Å². The Morgan fingerprint density at radius 1 is 1.00 bits per heavy atom. The molecule has 1 heterocycles. The molecule has 0 aliphatic carbocycles. The first-order valence-electron chi connectivity index (χ1n) is 8.11. The lowest BCUT2D eigenvalue weighted by molar-refractivity contribution is -0.116. The van der Waals surface area contributed by atoms with Crippen LogP contribution in [0.5, 0.6) is 11.5 Å². The van der Waals surface area contributed by atoms with Crippen molar-refractivity contribution >= 4 is 23.1 Å². The summed E-state index contributed by atoms with van der Waals surface area (Å²) in [5.41, 5.74) is 1.96. The summed E-state index contributed by atoms with van der Waals surface area (Å²) in [6.45, 7) is 4.29. The van der Waals surface area contributed by atoms with E-state index < -0.39 is 6.04 Å². The van der Waals surface area contributed by atoms with E-state index in [0.717, 1.165) is 5.69 Å². The van der Waals surface area contributed by atoms with Gasteiger partial charge in [-0.2, -0.15) is 0 Å². The number of Topliss-reactive ketones (excluding diaryl/α,β-unsaturated/α-hetero) is 1. The molecule has 6 heteroatoms. The van der Waals surface area contributed by atoms with Gasteiger partial charge in [-0.3, -0.25) is 9.59 Å². The fraction of sp³-hybridized carbons (Fsp3) is 0.263. The Hall–Kier alpha value is -3.02. The van der Waals surface area contributed by atoms with Crippen LogP contribution in [0.2, 0.25) is 0 Å². The molecular weight excluding hydrogens is 320 g/mol. The molecule has 0 aromatic heterocycles. The average molecular weight is 340 g/mol. The van der Waals surface area contributed by atoms with Gasteiger partial charge in [0.15, 0.2) is 17.3 Å². The van der Waals surface area contributed by atoms with Gasteiger partial charge in [0, 0.05) is 23.0 Å². The first-order chi connectivity index (χ1) is 12.0. The van der Waals surface area contributed by atoms with Crippen molar-refractivity contribution in [3.63, 3.8) is 0 Å². The highest BCUT2D eigenvalue weighted by Gasteiger charge is 2.16. The topological polar surface area (TPSA) is 76.7 Å². The van der Waals surface area contributed by atoms with Crippen LogP contribution in [0.3, 0.4) is 0 Å². The molecule has 25 heavy (non-hydrogen) atoms. The summed E-state index contributed by atoms with van der Waals surface area (Å²) < 4.78 is 11.0. The molecule has 1 aliphatic heterocycles. The van der Waals surface area contributed by atoms with Crippen molar-refractivity contribution in [1.29, 1.82) is 0 Å². The van der Waals surface area contributed by atoms with Crippen molar-refractivity contribution in [3.05, 3.63) is 48.0 Å². The van der Waals surface area contributed by atoms with Crippen molar-refractivity contribution in [1.82, 2.24) is 0 Å². The van der Waals surface area contributed by atoms with E-state index in [0.29, 0.717) is 36.0 Å². The minimum atomic E-state index is -0.476. The summed E-state index contributed by atoms with van der Waals surface area (Å²) in [5, 5.41) is 5.94. The Morgan fingerprint density at radius 2 is 1.76 bits per heavy atom. The van der Waals surface area contributed by atoms with E-state index >= 15 is 0 Å². The molecule has 0 unspecified atom stereocenters. The number of fused-ring (bicyclic) bond motifs is 1. The number of benzene rings is 2. The summed E-state index contributed by atoms with van der Waals surface area (Å²) in [7, 11) is 0. The van der Waals surface area contributed by atoms with Gasteiger partial charge in [-0.25, -0.2) is 0 Å². The highest BCUT2D eigenvalue weighted by molar-refractivity contribution is 5.97. The molecular formula is C19H20N2O4. The van der Waals surface area contributed by atoms with Crippen molar-refractivity contribution in [2.24, 2.45) is 0 Å². The zero-order valence-electron chi connectivity index (χ0n) is 14.2. The molecule has 1 aliphatic rings. The summed E-state index contributed by atoms with van der Waals surface area (Å²) >= 11 is 0. The third-order valence-corrected chi connectivity index (χ3v) is 3.86. The second-order valence-electron chi connectivity index (χ2n) is 5.85. The molecule has 0 radical (unpaired) electrons. The number of anilines is 2. The van der Waals surface area contributed by atoms with E-state index in [1.54, 1.807) is 43.3 Å². The second kappa shape index (κ2) is 7.25. The molecule has 1 amide bonds. The lowest BCUT2D eigenvalue weighted by Crippen LogP contribution is -2.32. The molecule has 6 nitrogen and oxygen atoms in total. The standard InChI is InChI=1S/C19H20N2O4/c1-12(20-15-5-3-4-14(10-15)13(2)22)19(23)21-16-6-7-17-18(11-16)25-9-8-24-17/h3-7,10-12,20H,8-9H2,1-2H3,(H,21,23)/t12-/m1/s1. The quantitative estimate of drug-likeness (QED) is 0.818. The van der Waals surface area contributed by atoms with Gasteiger partial charge in [0.05, 0.1) is 0 Å². The summed E-state index contributed by atoms with van der Waals surface area (Å²) in [6, 6.07) is 11.9. The van der Waals surface area contributed by atoms with E-state index in [2.05, 4.69) is 10.6 Å². The number of hydrogen-bond acceptors (Lipinski definition) is 5. The van der Waals surface area contributed by atoms with Crippen molar-refractivity contribution in [2.75, 3.05) is 23.8 Å². The smallest absolute Gasteiger partial charge is 0.246 e. The number of ether oxygens (including phenoxy) is 2. The van der Waals surface area contributed by atoms with Crippen LogP contribution in [-0.2, 0) is 4.79 Å². The van der Waals surface area contributed by atoms with Crippen LogP contribution in [0.25, 0.3) is 0 Å². The van der Waals surface area contributed by atoms with Gasteiger partial charge in [0.25, 0.3) is 0 Å². The summed E-state index contributed by atoms with van der Waals surface area (Å²) in [5.74, 6) is 1.09. The summed E-state index contributed by atoms with van der Waals surface area (Å²) in [6.07, 6.45) is 0.